The lowest BCUT2D eigenvalue weighted by Crippen LogP contribution is -2.38. The Kier molecular flexibility index (Phi) is 11.5. The van der Waals surface area contributed by atoms with Crippen molar-refractivity contribution in [2.24, 2.45) is 5.92 Å². The third kappa shape index (κ3) is 11.1. The molecule has 2 aliphatic rings. The number of carboxylic acids is 2. The smallest absolute Gasteiger partial charge is 0.475 e. The van der Waals surface area contributed by atoms with Gasteiger partial charge in [0.05, 0.1) is 6.54 Å². The molecule has 4 rings (SSSR count). The minimum atomic E-state index is -5.08. The molecule has 39 heavy (non-hydrogen) atoms. The summed E-state index contributed by atoms with van der Waals surface area (Å²) in [6.07, 6.45) is -4.44. The van der Waals surface area contributed by atoms with E-state index in [-0.39, 0.29) is 12.0 Å². The minimum Gasteiger partial charge on any atom is -0.475 e. The number of rotatable bonds is 4. The first kappa shape index (κ1) is 31.8. The number of halogens is 7. The van der Waals surface area contributed by atoms with Crippen molar-refractivity contribution in [1.29, 1.82) is 0 Å². The molecule has 2 aliphatic heterocycles. The average molecular weight is 573 g/mol. The Labute approximate surface area is 217 Å². The molecule has 16 heteroatoms. The molecule has 4 heterocycles. The zero-order valence-corrected chi connectivity index (χ0v) is 20.3. The number of alkyl halides is 6. The van der Waals surface area contributed by atoms with Crippen LogP contribution in [0.1, 0.15) is 18.5 Å². The number of aliphatic carboxylic acids is 2. The molecule has 0 amide bonds. The molecule has 2 aromatic rings. The van der Waals surface area contributed by atoms with Crippen molar-refractivity contribution in [2.75, 3.05) is 26.3 Å². The molecule has 218 valence electrons. The van der Waals surface area contributed by atoms with Crippen molar-refractivity contribution in [3.8, 4) is 5.88 Å². The fraction of sp³-hybridized carbons (Fsp3) is 0.522. The molecular formula is C23H26F7N3O6. The van der Waals surface area contributed by atoms with E-state index in [2.05, 4.69) is 32.8 Å². The van der Waals surface area contributed by atoms with Crippen LogP contribution in [0.2, 0.25) is 0 Å². The number of ether oxygens (including phenoxy) is 2. The van der Waals surface area contributed by atoms with E-state index < -0.39 is 30.1 Å². The van der Waals surface area contributed by atoms with Gasteiger partial charge in [0.15, 0.2) is 5.82 Å². The summed E-state index contributed by atoms with van der Waals surface area (Å²) in [5, 5.41) is 14.2. The van der Waals surface area contributed by atoms with Crippen LogP contribution in [0.4, 0.5) is 30.7 Å². The Bertz CT molecular complexity index is 1050. The lowest BCUT2D eigenvalue weighted by Gasteiger charge is -2.30. The highest BCUT2D eigenvalue weighted by atomic mass is 19.4. The molecule has 0 radical (unpaired) electrons. The van der Waals surface area contributed by atoms with Crippen LogP contribution in [-0.4, -0.2) is 81.4 Å². The summed E-state index contributed by atoms with van der Waals surface area (Å²) in [6, 6.07) is 7.18. The van der Waals surface area contributed by atoms with Gasteiger partial charge >= 0.3 is 24.3 Å². The first-order valence-corrected chi connectivity index (χ1v) is 11.5. The van der Waals surface area contributed by atoms with E-state index >= 15 is 0 Å². The molecular weight excluding hydrogens is 547 g/mol. The van der Waals surface area contributed by atoms with Gasteiger partial charge < -0.3 is 24.3 Å². The minimum absolute atomic E-state index is 0.0918. The van der Waals surface area contributed by atoms with E-state index in [1.165, 1.54) is 11.8 Å². The molecule has 0 bridgehead atoms. The number of fused-ring (bicyclic) bond motifs is 1. The number of carbonyl (C=O) groups is 2. The molecule has 9 nitrogen and oxygen atoms in total. The summed E-state index contributed by atoms with van der Waals surface area (Å²) in [5.41, 5.74) is 1.28. The molecule has 0 saturated carbocycles. The Morgan fingerprint density at radius 2 is 1.59 bits per heavy atom. The van der Waals surface area contributed by atoms with E-state index in [1.807, 2.05) is 0 Å². The number of pyridine rings is 1. The van der Waals surface area contributed by atoms with Gasteiger partial charge in [-0.25, -0.2) is 19.0 Å². The van der Waals surface area contributed by atoms with Gasteiger partial charge in [0.1, 0.15) is 6.10 Å². The van der Waals surface area contributed by atoms with Crippen molar-refractivity contribution in [3.63, 3.8) is 0 Å². The highest BCUT2D eigenvalue weighted by Gasteiger charge is 2.39. The summed E-state index contributed by atoms with van der Waals surface area (Å²) in [4.78, 5) is 24.3. The van der Waals surface area contributed by atoms with Crippen LogP contribution in [0, 0.1) is 11.7 Å². The highest BCUT2D eigenvalue weighted by molar-refractivity contribution is 5.73. The van der Waals surface area contributed by atoms with Gasteiger partial charge in [-0.3, -0.25) is 4.90 Å². The maximum atomic E-state index is 13.9. The second kappa shape index (κ2) is 14.1. The van der Waals surface area contributed by atoms with Crippen molar-refractivity contribution in [2.45, 2.75) is 44.4 Å². The Hall–Kier alpha value is -3.40. The van der Waals surface area contributed by atoms with Gasteiger partial charge in [0, 0.05) is 50.9 Å². The van der Waals surface area contributed by atoms with Crippen molar-refractivity contribution in [1.82, 2.24) is 14.5 Å². The highest BCUT2D eigenvalue weighted by Crippen LogP contribution is 2.22. The predicted octanol–water partition coefficient (Wildman–Crippen LogP) is 3.98. The molecule has 1 fully saturated rings. The van der Waals surface area contributed by atoms with Gasteiger partial charge in [-0.1, -0.05) is 0 Å². The van der Waals surface area contributed by atoms with Crippen LogP contribution < -0.4 is 4.74 Å². The molecule has 2 N–H and O–H groups in total. The van der Waals surface area contributed by atoms with Crippen molar-refractivity contribution >= 4 is 11.9 Å². The Morgan fingerprint density at radius 1 is 1.00 bits per heavy atom. The monoisotopic (exact) mass is 573 g/mol. The number of hydrogen-bond donors (Lipinski definition) is 2. The third-order valence-corrected chi connectivity index (χ3v) is 5.52. The van der Waals surface area contributed by atoms with Crippen LogP contribution in [0.25, 0.3) is 0 Å². The summed E-state index contributed by atoms with van der Waals surface area (Å²) in [5.74, 6) is -5.17. The van der Waals surface area contributed by atoms with Gasteiger partial charge in [-0.05, 0) is 43.0 Å². The SMILES string of the molecule is Fc1cccnc1OC1CN(CC2CCOCC2)Cc2cccn2C1.O=C(O)C(F)(F)F.O=C(O)C(F)(F)F. The molecule has 0 aliphatic carbocycles. The van der Waals surface area contributed by atoms with Gasteiger partial charge in [0.25, 0.3) is 5.88 Å². The molecule has 1 atom stereocenters. The molecule has 1 unspecified atom stereocenters. The van der Waals surface area contributed by atoms with E-state index in [9.17, 15) is 30.7 Å². The Morgan fingerprint density at radius 3 is 2.13 bits per heavy atom. The van der Waals surface area contributed by atoms with Crippen LogP contribution >= 0.6 is 0 Å². The number of carboxylic acid groups (broad SMARTS) is 2. The van der Waals surface area contributed by atoms with E-state index in [0.29, 0.717) is 12.5 Å². The van der Waals surface area contributed by atoms with Crippen LogP contribution in [0.5, 0.6) is 5.88 Å². The summed E-state index contributed by atoms with van der Waals surface area (Å²) >= 11 is 0. The topological polar surface area (TPSA) is 114 Å². The second-order valence-electron chi connectivity index (χ2n) is 8.54. The molecule has 2 aromatic heterocycles. The normalized spacial score (nSPS) is 18.4. The standard InChI is InChI=1S/C19H24FN3O2.2C2HF3O2/c20-18-4-1-7-21-19(18)25-17-13-22(11-15-5-9-24-10-6-15)12-16-3-2-8-23(16)14-17;2*3-2(4,5)1(6)7/h1-4,7-8,15,17H,5-6,9-14H2;2*(H,6,7). The van der Waals surface area contributed by atoms with Crippen LogP contribution in [0.3, 0.4) is 0 Å². The first-order chi connectivity index (χ1) is 18.2. The maximum Gasteiger partial charge on any atom is 0.490 e. The zero-order valence-electron chi connectivity index (χ0n) is 20.3. The quantitative estimate of drug-likeness (QED) is 0.529. The largest absolute Gasteiger partial charge is 0.490 e. The first-order valence-electron chi connectivity index (χ1n) is 11.5. The summed E-state index contributed by atoms with van der Waals surface area (Å²) < 4.78 is 91.0. The third-order valence-electron chi connectivity index (χ3n) is 5.52. The van der Waals surface area contributed by atoms with Crippen molar-refractivity contribution in [3.05, 3.63) is 48.2 Å². The fourth-order valence-electron chi connectivity index (χ4n) is 3.75. The lowest BCUT2D eigenvalue weighted by molar-refractivity contribution is -0.193. The fourth-order valence-corrected chi connectivity index (χ4v) is 3.75. The second-order valence-corrected chi connectivity index (χ2v) is 8.54. The average Bonchev–Trinajstić information content (AvgIpc) is 3.20. The number of hydrogen-bond acceptors (Lipinski definition) is 6. The van der Waals surface area contributed by atoms with E-state index in [4.69, 9.17) is 29.3 Å². The van der Waals surface area contributed by atoms with Gasteiger partial charge in [-0.15, -0.1) is 0 Å². The van der Waals surface area contributed by atoms with E-state index in [0.717, 1.165) is 45.7 Å². The Balaban J connectivity index is 0.000000317. The lowest BCUT2D eigenvalue weighted by atomic mass is 9.99. The van der Waals surface area contributed by atoms with Gasteiger partial charge in [-0.2, -0.15) is 26.3 Å². The molecule has 0 aromatic carbocycles. The summed E-state index contributed by atoms with van der Waals surface area (Å²) in [6.45, 7) is 5.12. The molecule has 0 spiro atoms. The van der Waals surface area contributed by atoms with E-state index in [1.54, 1.807) is 12.3 Å². The van der Waals surface area contributed by atoms with Crippen LogP contribution in [0.15, 0.2) is 36.7 Å². The zero-order chi connectivity index (χ0) is 29.2. The summed E-state index contributed by atoms with van der Waals surface area (Å²) in [7, 11) is 0. The maximum absolute atomic E-state index is 13.9. The molecule has 1 saturated heterocycles. The van der Waals surface area contributed by atoms with Crippen molar-refractivity contribution < 1.29 is 60.0 Å². The number of nitrogens with zero attached hydrogens (tertiary/aromatic N) is 3. The van der Waals surface area contributed by atoms with Crippen LogP contribution in [-0.2, 0) is 27.4 Å². The number of aromatic nitrogens is 2. The van der Waals surface area contributed by atoms with Gasteiger partial charge in [0.2, 0.25) is 0 Å². The predicted molar refractivity (Wildman–Crippen MR) is 119 cm³/mol.